The van der Waals surface area contributed by atoms with Crippen LogP contribution in [0.5, 0.6) is 0 Å². The number of esters is 1. The second-order valence-electron chi connectivity index (χ2n) is 18.9. The van der Waals surface area contributed by atoms with Gasteiger partial charge in [0, 0.05) is 75.2 Å². The van der Waals surface area contributed by atoms with E-state index in [1.165, 1.54) is 27.7 Å². The molecular formula is C51H63N9O8. The fourth-order valence-corrected chi connectivity index (χ4v) is 9.39. The monoisotopic (exact) mass is 929 g/mol. The number of hydrazine groups is 1. The molecule has 360 valence electrons. The number of imidazole rings is 1. The molecular weight excluding hydrogens is 867 g/mol. The number of aryl methyl sites for hydroxylation is 1. The van der Waals surface area contributed by atoms with Gasteiger partial charge in [0.25, 0.3) is 11.8 Å². The first-order chi connectivity index (χ1) is 32.3. The maximum atomic E-state index is 14.8. The average molecular weight is 930 g/mol. The lowest BCUT2D eigenvalue weighted by Gasteiger charge is -2.40. The number of likely N-dealkylation sites (N-methyl/N-ethyl adjacent to an activating group) is 1. The second-order valence-corrected chi connectivity index (χ2v) is 18.9. The number of fused-ring (bicyclic) bond motifs is 6. The van der Waals surface area contributed by atoms with Crippen LogP contribution in [0.3, 0.4) is 0 Å². The quantitative estimate of drug-likeness (QED) is 0.0933. The normalized spacial score (nSPS) is 19.5. The SMILES string of the molecule is C=CC(=O)Nc1cnc(C(=O)N(C)[C@H](C(=O)N[C@H]2Cc3cccc(c3)-c3ccc4c(c3)c(c(-c3cccnc3[C@H](C)OC)n4CC)CC(C)(C)COC(=O)[C@@]3(O)CCCN(N3)C2=O)C(C)C)n1C. The smallest absolute Gasteiger partial charge is 0.355 e. The van der Waals surface area contributed by atoms with Crippen LogP contribution in [0.2, 0.25) is 0 Å². The van der Waals surface area contributed by atoms with Gasteiger partial charge in [0.1, 0.15) is 17.9 Å². The Labute approximate surface area is 396 Å². The third-order valence-corrected chi connectivity index (χ3v) is 13.0. The van der Waals surface area contributed by atoms with Crippen LogP contribution < -0.4 is 16.1 Å². The van der Waals surface area contributed by atoms with Crippen molar-refractivity contribution in [1.82, 2.24) is 39.8 Å². The van der Waals surface area contributed by atoms with Crippen LogP contribution in [0.25, 0.3) is 33.3 Å². The molecule has 3 aromatic heterocycles. The highest BCUT2D eigenvalue weighted by Gasteiger charge is 2.45. The molecule has 7 rings (SSSR count). The van der Waals surface area contributed by atoms with E-state index in [9.17, 15) is 29.1 Å². The minimum Gasteiger partial charge on any atom is -0.462 e. The van der Waals surface area contributed by atoms with E-state index in [-0.39, 0.29) is 50.2 Å². The summed E-state index contributed by atoms with van der Waals surface area (Å²) >= 11 is 0. The molecule has 5 aromatic rings. The fraction of sp³-hybridized carbons (Fsp3) is 0.431. The number of hydrogen-bond acceptors (Lipinski definition) is 11. The number of pyridine rings is 1. The summed E-state index contributed by atoms with van der Waals surface area (Å²) in [6.45, 7) is 15.9. The van der Waals surface area contributed by atoms with E-state index in [0.717, 1.165) is 56.2 Å². The van der Waals surface area contributed by atoms with Gasteiger partial charge in [0.2, 0.25) is 23.4 Å². The molecule has 1 saturated heterocycles. The standard InChI is InChI=1S/C51H63N9O8/c1-11-41(61)55-40-28-53-45(57(40)8)48(64)58(9)43(30(3)4)46(62)54-38-25-32-16-13-17-33(24-32)34-19-20-39-36(26-34)37(44(59(39)12-2)35-18-14-22-52-42(35)31(5)67-10)27-50(6,7)29-68-49(65)51(66)21-15-23-60(56-51)47(38)63/h11,13-14,16-20,22,24,26,28,30-31,38,43,56,66H,1,12,15,21,23,25,27,29H2,2-10H3,(H,54,62)(H,55,61)/t31-,38-,43-,51-/m0/s1. The van der Waals surface area contributed by atoms with Crippen LogP contribution in [0, 0.1) is 11.3 Å². The molecule has 17 heteroatoms. The second kappa shape index (κ2) is 19.9. The largest absolute Gasteiger partial charge is 0.462 e. The van der Waals surface area contributed by atoms with E-state index in [4.69, 9.17) is 14.5 Å². The summed E-state index contributed by atoms with van der Waals surface area (Å²) in [7, 11) is 4.70. The van der Waals surface area contributed by atoms with E-state index in [1.807, 2.05) is 51.1 Å². The van der Waals surface area contributed by atoms with Gasteiger partial charge in [-0.25, -0.2) is 9.78 Å². The van der Waals surface area contributed by atoms with Crippen molar-refractivity contribution in [2.24, 2.45) is 18.4 Å². The van der Waals surface area contributed by atoms with E-state index in [1.54, 1.807) is 34.2 Å². The highest BCUT2D eigenvalue weighted by Crippen LogP contribution is 2.42. The first-order valence-corrected chi connectivity index (χ1v) is 23.0. The zero-order valence-corrected chi connectivity index (χ0v) is 40.4. The molecule has 17 nitrogen and oxygen atoms in total. The van der Waals surface area contributed by atoms with Crippen molar-refractivity contribution in [3.05, 3.63) is 102 Å². The zero-order valence-electron chi connectivity index (χ0n) is 40.4. The summed E-state index contributed by atoms with van der Waals surface area (Å²) in [5, 5.41) is 19.6. The summed E-state index contributed by atoms with van der Waals surface area (Å²) < 4.78 is 15.5. The first-order valence-electron chi connectivity index (χ1n) is 23.0. The van der Waals surface area contributed by atoms with Crippen LogP contribution in [0.15, 0.2) is 79.6 Å². The molecule has 0 unspecified atom stereocenters. The first kappa shape index (κ1) is 49.2. The Morgan fingerprint density at radius 3 is 2.54 bits per heavy atom. The molecule has 0 aliphatic carbocycles. The minimum absolute atomic E-state index is 0.0210. The minimum atomic E-state index is -2.25. The highest BCUT2D eigenvalue weighted by atomic mass is 16.6. The number of anilines is 1. The van der Waals surface area contributed by atoms with Crippen LogP contribution in [-0.2, 0) is 55.1 Å². The number of carbonyl (C=O) groups excluding carboxylic acids is 5. The number of methoxy groups -OCH3 is 1. The van der Waals surface area contributed by atoms with E-state index in [0.29, 0.717) is 13.0 Å². The predicted octanol–water partition coefficient (Wildman–Crippen LogP) is 5.72. The maximum Gasteiger partial charge on any atom is 0.355 e. The fourth-order valence-electron chi connectivity index (χ4n) is 9.39. The number of benzene rings is 2. The molecule has 2 aromatic carbocycles. The molecule has 4 atom stereocenters. The van der Waals surface area contributed by atoms with Crippen molar-refractivity contribution in [2.45, 2.75) is 97.7 Å². The Morgan fingerprint density at radius 2 is 1.84 bits per heavy atom. The van der Waals surface area contributed by atoms with Gasteiger partial charge in [-0.1, -0.05) is 64.6 Å². The van der Waals surface area contributed by atoms with Gasteiger partial charge in [0.05, 0.1) is 30.3 Å². The van der Waals surface area contributed by atoms with Gasteiger partial charge < -0.3 is 39.2 Å². The molecule has 0 spiro atoms. The predicted molar refractivity (Wildman–Crippen MR) is 258 cm³/mol. The third kappa shape index (κ3) is 9.82. The summed E-state index contributed by atoms with van der Waals surface area (Å²) in [5.74, 6) is -3.43. The molecule has 6 bridgehead atoms. The number of carbonyl (C=O) groups is 5. The number of nitrogens with one attached hydrogen (secondary N) is 3. The molecule has 1 fully saturated rings. The molecule has 2 aliphatic heterocycles. The molecule has 4 N–H and O–H groups in total. The Kier molecular flexibility index (Phi) is 14.4. The lowest BCUT2D eigenvalue weighted by molar-refractivity contribution is -0.189. The number of aromatic nitrogens is 4. The Hall–Kier alpha value is -6.69. The van der Waals surface area contributed by atoms with Crippen molar-refractivity contribution >= 4 is 46.3 Å². The lowest BCUT2D eigenvalue weighted by atomic mass is 9.84. The maximum absolute atomic E-state index is 14.8. The summed E-state index contributed by atoms with van der Waals surface area (Å²) in [5.41, 5.74) is 7.19. The molecule has 68 heavy (non-hydrogen) atoms. The van der Waals surface area contributed by atoms with Crippen molar-refractivity contribution < 1.29 is 38.6 Å². The van der Waals surface area contributed by atoms with Crippen molar-refractivity contribution in [1.29, 1.82) is 0 Å². The number of amides is 4. The highest BCUT2D eigenvalue weighted by molar-refractivity contribution is 6.00. The number of aliphatic hydroxyl groups is 1. The molecule has 4 amide bonds. The summed E-state index contributed by atoms with van der Waals surface area (Å²) in [4.78, 5) is 79.6. The van der Waals surface area contributed by atoms with E-state index in [2.05, 4.69) is 63.4 Å². The average Bonchev–Trinajstić information content (AvgIpc) is 3.83. The van der Waals surface area contributed by atoms with Gasteiger partial charge in [-0.3, -0.25) is 29.2 Å². The Balaban J connectivity index is 1.31. The number of nitrogens with zero attached hydrogens (tertiary/aromatic N) is 6. The zero-order chi connectivity index (χ0) is 49.2. The Bertz CT molecular complexity index is 2760. The molecule has 5 heterocycles. The van der Waals surface area contributed by atoms with Crippen molar-refractivity contribution in [3.8, 4) is 22.4 Å². The van der Waals surface area contributed by atoms with E-state index < -0.39 is 58.7 Å². The molecule has 0 saturated carbocycles. The van der Waals surface area contributed by atoms with Gasteiger partial charge in [-0.05, 0) is 85.2 Å². The number of cyclic esters (lactones) is 1. The molecule has 2 aliphatic rings. The third-order valence-electron chi connectivity index (χ3n) is 13.0. The van der Waals surface area contributed by atoms with Gasteiger partial charge in [0.15, 0.2) is 0 Å². The summed E-state index contributed by atoms with van der Waals surface area (Å²) in [6, 6.07) is 15.8. The van der Waals surface area contributed by atoms with E-state index >= 15 is 0 Å². The lowest BCUT2D eigenvalue weighted by Crippen LogP contribution is -2.67. The van der Waals surface area contributed by atoms with Crippen molar-refractivity contribution in [2.75, 3.05) is 32.6 Å². The van der Waals surface area contributed by atoms with Crippen LogP contribution in [-0.4, -0.2) is 109 Å². The topological polar surface area (TPSA) is 202 Å². The van der Waals surface area contributed by atoms with Gasteiger partial charge in [-0.2, -0.15) is 5.43 Å². The number of ether oxygens (including phenoxy) is 2. The van der Waals surface area contributed by atoms with Crippen LogP contribution >= 0.6 is 0 Å². The molecule has 0 radical (unpaired) electrons. The van der Waals surface area contributed by atoms with Crippen molar-refractivity contribution in [3.63, 3.8) is 0 Å². The summed E-state index contributed by atoms with van der Waals surface area (Å²) in [6.07, 6.45) is 4.64. The van der Waals surface area contributed by atoms with Gasteiger partial charge >= 0.3 is 5.97 Å². The van der Waals surface area contributed by atoms with Crippen LogP contribution in [0.1, 0.15) is 87.9 Å². The number of rotatable bonds is 11. The number of hydrogen-bond donors (Lipinski definition) is 4. The van der Waals surface area contributed by atoms with Crippen LogP contribution in [0.4, 0.5) is 5.82 Å². The Morgan fingerprint density at radius 1 is 1.09 bits per heavy atom. The van der Waals surface area contributed by atoms with Gasteiger partial charge in [-0.15, -0.1) is 0 Å².